The van der Waals surface area contributed by atoms with Gasteiger partial charge in [0.15, 0.2) is 0 Å². The Labute approximate surface area is 193 Å². The molecule has 1 fully saturated rings. The zero-order valence-electron chi connectivity index (χ0n) is 20.5. The van der Waals surface area contributed by atoms with E-state index in [2.05, 4.69) is 52.1 Å². The van der Waals surface area contributed by atoms with Gasteiger partial charge in [-0.25, -0.2) is 0 Å². The van der Waals surface area contributed by atoms with Crippen LogP contribution in [0.5, 0.6) is 0 Å². The first-order valence-corrected chi connectivity index (χ1v) is 11.8. The Kier molecular flexibility index (Phi) is 7.43. The normalized spacial score (nSPS) is 15.0. The van der Waals surface area contributed by atoms with Crippen LogP contribution in [0.15, 0.2) is 36.4 Å². The van der Waals surface area contributed by atoms with Crippen LogP contribution < -0.4 is 5.32 Å². The molecule has 4 nitrogen and oxygen atoms in total. The van der Waals surface area contributed by atoms with E-state index in [4.69, 9.17) is 0 Å². The molecule has 0 radical (unpaired) electrons. The maximum atomic E-state index is 12.8. The number of hydrogen-bond acceptors (Lipinski definition) is 2. The lowest BCUT2D eigenvalue weighted by Gasteiger charge is -2.31. The van der Waals surface area contributed by atoms with Gasteiger partial charge in [-0.05, 0) is 79.3 Å². The number of carbonyl (C=O) groups is 2. The van der Waals surface area contributed by atoms with Gasteiger partial charge in [-0.1, -0.05) is 51.1 Å². The van der Waals surface area contributed by atoms with E-state index in [1.807, 2.05) is 36.1 Å². The van der Waals surface area contributed by atoms with Crippen molar-refractivity contribution in [1.29, 1.82) is 0 Å². The molecule has 32 heavy (non-hydrogen) atoms. The second kappa shape index (κ2) is 9.89. The topological polar surface area (TPSA) is 49.4 Å². The largest absolute Gasteiger partial charge is 0.356 e. The van der Waals surface area contributed by atoms with Crippen molar-refractivity contribution in [2.45, 2.75) is 66.2 Å². The molecule has 0 atom stereocenters. The van der Waals surface area contributed by atoms with Gasteiger partial charge in [0.1, 0.15) is 0 Å². The first-order valence-electron chi connectivity index (χ1n) is 11.8. The number of piperidine rings is 1. The summed E-state index contributed by atoms with van der Waals surface area (Å²) in [5.74, 6) is 0.183. The molecular formula is C28H38N2O2. The van der Waals surface area contributed by atoms with E-state index in [0.717, 1.165) is 30.4 Å². The van der Waals surface area contributed by atoms with Crippen molar-refractivity contribution in [1.82, 2.24) is 10.2 Å². The van der Waals surface area contributed by atoms with Crippen LogP contribution in [-0.4, -0.2) is 36.3 Å². The summed E-state index contributed by atoms with van der Waals surface area (Å²) < 4.78 is 0. The minimum Gasteiger partial charge on any atom is -0.356 e. The molecule has 0 aliphatic carbocycles. The highest BCUT2D eigenvalue weighted by Crippen LogP contribution is 2.27. The average Bonchev–Trinajstić information content (AvgIpc) is 2.74. The van der Waals surface area contributed by atoms with E-state index in [9.17, 15) is 9.59 Å². The Morgan fingerprint density at radius 2 is 1.56 bits per heavy atom. The molecule has 172 valence electrons. The van der Waals surface area contributed by atoms with Crippen molar-refractivity contribution in [3.05, 3.63) is 69.8 Å². The van der Waals surface area contributed by atoms with Gasteiger partial charge in [-0.3, -0.25) is 9.59 Å². The van der Waals surface area contributed by atoms with Crippen molar-refractivity contribution in [3.8, 4) is 0 Å². The van der Waals surface area contributed by atoms with Crippen LogP contribution in [0, 0.1) is 26.7 Å². The highest BCUT2D eigenvalue weighted by Gasteiger charge is 2.28. The van der Waals surface area contributed by atoms with Crippen molar-refractivity contribution >= 4 is 11.8 Å². The number of nitrogens with zero attached hydrogens (tertiary/aromatic N) is 1. The lowest BCUT2D eigenvalue weighted by molar-refractivity contribution is -0.126. The van der Waals surface area contributed by atoms with E-state index >= 15 is 0 Å². The van der Waals surface area contributed by atoms with Crippen LogP contribution in [0.25, 0.3) is 0 Å². The Morgan fingerprint density at radius 3 is 2.12 bits per heavy atom. The van der Waals surface area contributed by atoms with Gasteiger partial charge < -0.3 is 10.2 Å². The number of amides is 2. The molecule has 1 aliphatic heterocycles. The third-order valence-electron chi connectivity index (χ3n) is 6.76. The summed E-state index contributed by atoms with van der Waals surface area (Å²) in [6.07, 6.45) is 2.29. The van der Waals surface area contributed by atoms with Crippen LogP contribution in [-0.2, 0) is 16.6 Å². The Balaban J connectivity index is 1.50. The van der Waals surface area contributed by atoms with E-state index in [0.29, 0.717) is 19.6 Å². The molecule has 1 N–H and O–H groups in total. The lowest BCUT2D eigenvalue weighted by Crippen LogP contribution is -2.43. The van der Waals surface area contributed by atoms with Crippen LogP contribution in [0.3, 0.4) is 0 Å². The second-order valence-corrected chi connectivity index (χ2v) is 10.3. The fourth-order valence-corrected chi connectivity index (χ4v) is 4.60. The third kappa shape index (κ3) is 5.59. The molecule has 0 saturated carbocycles. The van der Waals surface area contributed by atoms with Crippen molar-refractivity contribution in [2.24, 2.45) is 5.92 Å². The Bertz CT molecular complexity index is 956. The van der Waals surface area contributed by atoms with E-state index in [1.54, 1.807) is 0 Å². The summed E-state index contributed by atoms with van der Waals surface area (Å²) in [5.41, 5.74) is 7.18. The highest BCUT2D eigenvalue weighted by molar-refractivity contribution is 5.95. The summed E-state index contributed by atoms with van der Waals surface area (Å²) in [4.78, 5) is 27.4. The van der Waals surface area contributed by atoms with Gasteiger partial charge in [0.25, 0.3) is 5.91 Å². The minimum absolute atomic E-state index is 0.0126. The van der Waals surface area contributed by atoms with Gasteiger partial charge in [0.2, 0.25) is 5.91 Å². The van der Waals surface area contributed by atoms with Crippen LogP contribution in [0.2, 0.25) is 0 Å². The molecular weight excluding hydrogens is 396 g/mol. The summed E-state index contributed by atoms with van der Waals surface area (Å²) in [5, 5.41) is 3.14. The molecule has 2 aromatic carbocycles. The van der Waals surface area contributed by atoms with Gasteiger partial charge >= 0.3 is 0 Å². The number of nitrogens with one attached hydrogen (secondary N) is 1. The number of carbonyl (C=O) groups excluding carboxylic acids is 2. The summed E-state index contributed by atoms with van der Waals surface area (Å²) >= 11 is 0. The van der Waals surface area contributed by atoms with Gasteiger partial charge in [-0.2, -0.15) is 0 Å². The molecule has 1 aliphatic rings. The summed E-state index contributed by atoms with van der Waals surface area (Å²) in [6.45, 7) is 14.9. The molecule has 0 spiro atoms. The van der Waals surface area contributed by atoms with E-state index in [1.165, 1.54) is 22.3 Å². The second-order valence-electron chi connectivity index (χ2n) is 10.3. The van der Waals surface area contributed by atoms with Crippen molar-refractivity contribution < 1.29 is 9.59 Å². The third-order valence-corrected chi connectivity index (χ3v) is 6.76. The Morgan fingerprint density at radius 1 is 0.969 bits per heavy atom. The average molecular weight is 435 g/mol. The standard InChI is InChI=1S/C28H38N2O2/c1-19-9-7-8-10-25(19)27(32)30-15-12-22(13-16-30)26(31)29-14-11-24-20(2)17-23(18-21(24)3)28(4,5)6/h7-10,17-18,22H,11-16H2,1-6H3,(H,29,31). The van der Waals surface area contributed by atoms with Crippen LogP contribution in [0.4, 0.5) is 0 Å². The van der Waals surface area contributed by atoms with Crippen LogP contribution in [0.1, 0.15) is 71.8 Å². The fourth-order valence-electron chi connectivity index (χ4n) is 4.60. The predicted octanol–water partition coefficient (Wildman–Crippen LogP) is 5.12. The van der Waals surface area contributed by atoms with Gasteiger partial charge in [0.05, 0.1) is 0 Å². The van der Waals surface area contributed by atoms with Crippen molar-refractivity contribution in [2.75, 3.05) is 19.6 Å². The minimum atomic E-state index is -0.0126. The van der Waals surface area contributed by atoms with E-state index < -0.39 is 0 Å². The fraction of sp³-hybridized carbons (Fsp3) is 0.500. The van der Waals surface area contributed by atoms with Gasteiger partial charge in [-0.15, -0.1) is 0 Å². The first kappa shape index (κ1) is 24.0. The zero-order valence-corrected chi connectivity index (χ0v) is 20.5. The molecule has 4 heteroatoms. The van der Waals surface area contributed by atoms with Gasteiger partial charge in [0, 0.05) is 31.1 Å². The molecule has 0 unspecified atom stereocenters. The molecule has 3 rings (SSSR count). The monoisotopic (exact) mass is 434 g/mol. The SMILES string of the molecule is Cc1ccccc1C(=O)N1CCC(C(=O)NCCc2c(C)cc(C(C)(C)C)cc2C)CC1. The first-order chi connectivity index (χ1) is 15.1. The maximum absolute atomic E-state index is 12.8. The summed E-state index contributed by atoms with van der Waals surface area (Å²) in [7, 11) is 0. The van der Waals surface area contributed by atoms with Crippen LogP contribution >= 0.6 is 0 Å². The predicted molar refractivity (Wildman–Crippen MR) is 131 cm³/mol. The Hall–Kier alpha value is -2.62. The summed E-state index contributed by atoms with van der Waals surface area (Å²) in [6, 6.07) is 12.3. The smallest absolute Gasteiger partial charge is 0.254 e. The molecule has 0 bridgehead atoms. The zero-order chi connectivity index (χ0) is 23.5. The number of hydrogen-bond donors (Lipinski definition) is 1. The van der Waals surface area contributed by atoms with Crippen molar-refractivity contribution in [3.63, 3.8) is 0 Å². The lowest BCUT2D eigenvalue weighted by atomic mass is 9.83. The van der Waals surface area contributed by atoms with E-state index in [-0.39, 0.29) is 23.1 Å². The molecule has 2 aromatic rings. The highest BCUT2D eigenvalue weighted by atomic mass is 16.2. The molecule has 1 heterocycles. The molecule has 0 aromatic heterocycles. The molecule has 1 saturated heterocycles. The number of likely N-dealkylation sites (tertiary alicyclic amines) is 1. The number of rotatable bonds is 5. The quantitative estimate of drug-likeness (QED) is 0.710. The molecule has 2 amide bonds. The number of benzene rings is 2. The maximum Gasteiger partial charge on any atom is 0.254 e. The number of aryl methyl sites for hydroxylation is 3.